The number of piperidine rings is 1. The van der Waals surface area contributed by atoms with Crippen molar-refractivity contribution in [3.63, 3.8) is 0 Å². The van der Waals surface area contributed by atoms with Gasteiger partial charge in [-0.3, -0.25) is 4.99 Å². The van der Waals surface area contributed by atoms with Gasteiger partial charge in [0.2, 0.25) is 0 Å². The Bertz CT molecular complexity index is 763. The summed E-state index contributed by atoms with van der Waals surface area (Å²) in [5.41, 5.74) is 4.02. The Morgan fingerprint density at radius 2 is 1.75 bits per heavy atom. The number of fused-ring (bicyclic) bond motifs is 1. The molecule has 2 heterocycles. The standard InChI is InChI=1S/C20H22BrN3/c21-17-7-3-1-6-16(17)14-23-19-20(9-11-22-12-10-20)13-15-5-2-4-8-18(15)24-19/h1-8,22H,9-14H2,(H,23,24). The van der Waals surface area contributed by atoms with E-state index in [4.69, 9.17) is 4.99 Å². The van der Waals surface area contributed by atoms with Crippen molar-refractivity contribution in [3.05, 3.63) is 64.1 Å². The summed E-state index contributed by atoms with van der Waals surface area (Å²) < 4.78 is 1.13. The Kier molecular flexibility index (Phi) is 4.42. The third kappa shape index (κ3) is 3.01. The summed E-state index contributed by atoms with van der Waals surface area (Å²) in [4.78, 5) is 5.04. The fourth-order valence-electron chi connectivity index (χ4n) is 3.82. The molecule has 2 N–H and O–H groups in total. The van der Waals surface area contributed by atoms with Crippen molar-refractivity contribution in [1.29, 1.82) is 0 Å². The molecule has 0 atom stereocenters. The highest BCUT2D eigenvalue weighted by atomic mass is 79.9. The molecule has 1 saturated heterocycles. The first-order valence-corrected chi connectivity index (χ1v) is 9.40. The van der Waals surface area contributed by atoms with Crippen molar-refractivity contribution < 1.29 is 0 Å². The molecule has 4 rings (SSSR count). The van der Waals surface area contributed by atoms with Crippen LogP contribution in [0.1, 0.15) is 24.0 Å². The Labute approximate surface area is 151 Å². The van der Waals surface area contributed by atoms with Gasteiger partial charge in [-0.2, -0.15) is 0 Å². The molecule has 2 aromatic carbocycles. The van der Waals surface area contributed by atoms with Crippen LogP contribution in [0.2, 0.25) is 0 Å². The first kappa shape index (κ1) is 15.9. The second kappa shape index (κ2) is 6.69. The van der Waals surface area contributed by atoms with Crippen molar-refractivity contribution >= 4 is 27.5 Å². The highest BCUT2D eigenvalue weighted by Gasteiger charge is 2.40. The molecule has 0 bridgehead atoms. The quantitative estimate of drug-likeness (QED) is 0.806. The van der Waals surface area contributed by atoms with E-state index in [1.165, 1.54) is 22.6 Å². The molecule has 2 aliphatic heterocycles. The number of amidine groups is 1. The van der Waals surface area contributed by atoms with Crippen LogP contribution in [-0.2, 0) is 13.0 Å². The predicted octanol–water partition coefficient (Wildman–Crippen LogP) is 4.39. The normalized spacial score (nSPS) is 20.6. The summed E-state index contributed by atoms with van der Waals surface area (Å²) >= 11 is 3.63. The molecular weight excluding hydrogens is 362 g/mol. The van der Waals surface area contributed by atoms with Crippen LogP contribution in [0.15, 0.2) is 58.0 Å². The van der Waals surface area contributed by atoms with Gasteiger partial charge < -0.3 is 10.6 Å². The number of hydrogen-bond donors (Lipinski definition) is 2. The SMILES string of the molecule is Brc1ccccc1CN=C1Nc2ccccc2CC12CCNCC2. The van der Waals surface area contributed by atoms with Gasteiger partial charge in [-0.05, 0) is 55.6 Å². The van der Waals surface area contributed by atoms with Crippen molar-refractivity contribution in [2.24, 2.45) is 10.4 Å². The van der Waals surface area contributed by atoms with Gasteiger partial charge in [0.25, 0.3) is 0 Å². The van der Waals surface area contributed by atoms with Crippen molar-refractivity contribution in [2.45, 2.75) is 25.8 Å². The number of anilines is 1. The fourth-order valence-corrected chi connectivity index (χ4v) is 4.23. The van der Waals surface area contributed by atoms with E-state index in [-0.39, 0.29) is 5.41 Å². The van der Waals surface area contributed by atoms with E-state index >= 15 is 0 Å². The smallest absolute Gasteiger partial charge is 0.108 e. The van der Waals surface area contributed by atoms with Crippen LogP contribution in [0.5, 0.6) is 0 Å². The number of nitrogens with one attached hydrogen (secondary N) is 2. The number of halogens is 1. The van der Waals surface area contributed by atoms with Crippen LogP contribution in [0, 0.1) is 5.41 Å². The number of hydrogen-bond acceptors (Lipinski definition) is 2. The molecule has 2 aliphatic rings. The van der Waals surface area contributed by atoms with Crippen LogP contribution in [0.4, 0.5) is 5.69 Å². The third-order valence-electron chi connectivity index (χ3n) is 5.23. The number of nitrogens with zero attached hydrogens (tertiary/aromatic N) is 1. The second-order valence-electron chi connectivity index (χ2n) is 6.75. The molecule has 3 nitrogen and oxygen atoms in total. The van der Waals surface area contributed by atoms with E-state index in [0.717, 1.165) is 36.8 Å². The Morgan fingerprint density at radius 1 is 1.00 bits per heavy atom. The lowest BCUT2D eigenvalue weighted by atomic mass is 9.71. The molecule has 124 valence electrons. The maximum atomic E-state index is 5.04. The first-order chi connectivity index (χ1) is 11.8. The molecular formula is C20H22BrN3. The summed E-state index contributed by atoms with van der Waals surface area (Å²) in [6.07, 6.45) is 3.37. The van der Waals surface area contributed by atoms with Gasteiger partial charge in [-0.25, -0.2) is 0 Å². The highest BCUT2D eigenvalue weighted by molar-refractivity contribution is 9.10. The monoisotopic (exact) mass is 383 g/mol. The van der Waals surface area contributed by atoms with Crippen LogP contribution < -0.4 is 10.6 Å². The summed E-state index contributed by atoms with van der Waals surface area (Å²) in [6.45, 7) is 2.84. The molecule has 4 heteroatoms. The summed E-state index contributed by atoms with van der Waals surface area (Å²) in [6, 6.07) is 17.0. The number of rotatable bonds is 2. The predicted molar refractivity (Wildman–Crippen MR) is 104 cm³/mol. The lowest BCUT2D eigenvalue weighted by Crippen LogP contribution is -2.48. The Hall–Kier alpha value is -1.65. The summed E-state index contributed by atoms with van der Waals surface area (Å²) in [5.74, 6) is 1.17. The van der Waals surface area contributed by atoms with Crippen molar-refractivity contribution in [1.82, 2.24) is 5.32 Å². The maximum absolute atomic E-state index is 5.04. The largest absolute Gasteiger partial charge is 0.343 e. The average Bonchev–Trinajstić information content (AvgIpc) is 2.62. The molecule has 1 fully saturated rings. The lowest BCUT2D eigenvalue weighted by Gasteiger charge is -2.42. The topological polar surface area (TPSA) is 36.4 Å². The average molecular weight is 384 g/mol. The van der Waals surface area contributed by atoms with Gasteiger partial charge >= 0.3 is 0 Å². The summed E-state index contributed by atoms with van der Waals surface area (Å²) in [5, 5.41) is 7.15. The van der Waals surface area contributed by atoms with E-state index in [0.29, 0.717) is 6.54 Å². The maximum Gasteiger partial charge on any atom is 0.108 e. The van der Waals surface area contributed by atoms with Gasteiger partial charge in [0.15, 0.2) is 0 Å². The van der Waals surface area contributed by atoms with Gasteiger partial charge in [-0.1, -0.05) is 52.3 Å². The van der Waals surface area contributed by atoms with Gasteiger partial charge in [0, 0.05) is 15.6 Å². The molecule has 0 unspecified atom stereocenters. The van der Waals surface area contributed by atoms with E-state index < -0.39 is 0 Å². The third-order valence-corrected chi connectivity index (χ3v) is 6.00. The molecule has 0 aliphatic carbocycles. The van der Waals surface area contributed by atoms with E-state index in [1.54, 1.807) is 0 Å². The van der Waals surface area contributed by atoms with Crippen molar-refractivity contribution in [3.8, 4) is 0 Å². The number of para-hydroxylation sites is 1. The highest BCUT2D eigenvalue weighted by Crippen LogP contribution is 2.41. The molecule has 0 radical (unpaired) electrons. The summed E-state index contributed by atoms with van der Waals surface area (Å²) in [7, 11) is 0. The van der Waals surface area contributed by atoms with Crippen molar-refractivity contribution in [2.75, 3.05) is 18.4 Å². The van der Waals surface area contributed by atoms with Crippen LogP contribution in [0.25, 0.3) is 0 Å². The van der Waals surface area contributed by atoms with E-state index in [2.05, 4.69) is 69.0 Å². The zero-order chi connectivity index (χ0) is 16.4. The Morgan fingerprint density at radius 3 is 2.58 bits per heavy atom. The molecule has 0 amide bonds. The van der Waals surface area contributed by atoms with Gasteiger partial charge in [-0.15, -0.1) is 0 Å². The molecule has 1 spiro atoms. The van der Waals surface area contributed by atoms with Crippen LogP contribution in [0.3, 0.4) is 0 Å². The zero-order valence-electron chi connectivity index (χ0n) is 13.7. The van der Waals surface area contributed by atoms with Crippen LogP contribution in [-0.4, -0.2) is 18.9 Å². The second-order valence-corrected chi connectivity index (χ2v) is 7.60. The Balaban J connectivity index is 1.68. The van der Waals surface area contributed by atoms with Gasteiger partial charge in [0.1, 0.15) is 5.84 Å². The van der Waals surface area contributed by atoms with E-state index in [9.17, 15) is 0 Å². The molecule has 0 saturated carbocycles. The molecule has 0 aromatic heterocycles. The molecule has 2 aromatic rings. The van der Waals surface area contributed by atoms with E-state index in [1.807, 2.05) is 6.07 Å². The van der Waals surface area contributed by atoms with Gasteiger partial charge in [0.05, 0.1) is 6.54 Å². The zero-order valence-corrected chi connectivity index (χ0v) is 15.3. The van der Waals surface area contributed by atoms with Crippen LogP contribution >= 0.6 is 15.9 Å². The number of aliphatic imine (C=N–C) groups is 1. The minimum atomic E-state index is 0.154. The number of benzene rings is 2. The minimum Gasteiger partial charge on any atom is -0.343 e. The lowest BCUT2D eigenvalue weighted by molar-refractivity contribution is 0.293. The fraction of sp³-hybridized carbons (Fsp3) is 0.350. The minimum absolute atomic E-state index is 0.154. The molecule has 24 heavy (non-hydrogen) atoms. The first-order valence-electron chi connectivity index (χ1n) is 8.61.